The maximum Gasteiger partial charge on any atom is 0.322 e. The fraction of sp³-hybridized carbons (Fsp3) is 0.400. The average molecular weight is 338 g/mol. The van der Waals surface area contributed by atoms with E-state index in [1.807, 2.05) is 12.1 Å². The van der Waals surface area contributed by atoms with Crippen LogP contribution in [0.4, 0.5) is 4.79 Å². The Morgan fingerprint density at radius 3 is 2.70 bits per heavy atom. The van der Waals surface area contributed by atoms with Crippen LogP contribution in [-0.4, -0.2) is 48.5 Å². The first-order valence-electron chi connectivity index (χ1n) is 7.29. The summed E-state index contributed by atoms with van der Waals surface area (Å²) in [6.45, 7) is 1.29. The van der Waals surface area contributed by atoms with E-state index in [1.165, 1.54) is 0 Å². The van der Waals surface area contributed by atoms with Crippen LogP contribution >= 0.6 is 11.6 Å². The fourth-order valence-corrected chi connectivity index (χ4v) is 2.79. The Hall–Kier alpha value is -2.12. The first-order valence-corrected chi connectivity index (χ1v) is 7.67. The molecule has 1 aromatic rings. The smallest absolute Gasteiger partial charge is 0.322 e. The van der Waals surface area contributed by atoms with Gasteiger partial charge in [0.15, 0.2) is 0 Å². The van der Waals surface area contributed by atoms with E-state index in [1.54, 1.807) is 17.0 Å². The second-order valence-corrected chi connectivity index (χ2v) is 5.91. The maximum atomic E-state index is 12.4. The van der Waals surface area contributed by atoms with E-state index in [9.17, 15) is 14.4 Å². The van der Waals surface area contributed by atoms with Crippen molar-refractivity contribution in [3.05, 3.63) is 34.9 Å². The maximum absolute atomic E-state index is 12.4. The summed E-state index contributed by atoms with van der Waals surface area (Å²) in [6.07, 6.45) is -0.276. The Labute approximate surface area is 137 Å². The molecular formula is C15H16ClN3O4. The van der Waals surface area contributed by atoms with Crippen molar-refractivity contribution in [3.63, 3.8) is 0 Å². The van der Waals surface area contributed by atoms with Gasteiger partial charge in [0.25, 0.3) is 5.91 Å². The molecule has 3 rings (SSSR count). The Bertz CT molecular complexity index is 634. The molecule has 2 saturated heterocycles. The number of carbonyl (C=O) groups is 3. The Balaban J connectivity index is 1.61. The number of carbonyl (C=O) groups excluding carboxylic acids is 3. The van der Waals surface area contributed by atoms with Gasteiger partial charge in [-0.3, -0.25) is 14.9 Å². The molecule has 7 nitrogen and oxygen atoms in total. The zero-order valence-electron chi connectivity index (χ0n) is 12.3. The van der Waals surface area contributed by atoms with Crippen molar-refractivity contribution in [2.24, 2.45) is 0 Å². The lowest BCUT2D eigenvalue weighted by Crippen LogP contribution is -2.45. The van der Waals surface area contributed by atoms with Gasteiger partial charge in [0.1, 0.15) is 12.1 Å². The van der Waals surface area contributed by atoms with E-state index in [0.717, 1.165) is 5.56 Å². The molecule has 0 spiro atoms. The molecule has 2 N–H and O–H groups in total. The molecule has 2 fully saturated rings. The summed E-state index contributed by atoms with van der Waals surface area (Å²) >= 11 is 5.87. The van der Waals surface area contributed by atoms with Gasteiger partial charge < -0.3 is 15.0 Å². The second-order valence-electron chi connectivity index (χ2n) is 5.47. The molecule has 0 aliphatic carbocycles. The molecule has 122 valence electrons. The SMILES string of the molecule is O=C1NC(=O)[C@H](CC(=O)N2CCO[C@@H](c3ccc(Cl)cc3)C2)N1. The van der Waals surface area contributed by atoms with Crippen molar-refractivity contribution in [1.29, 1.82) is 0 Å². The number of halogens is 1. The summed E-state index contributed by atoms with van der Waals surface area (Å²) < 4.78 is 5.71. The van der Waals surface area contributed by atoms with Crippen molar-refractivity contribution in [2.75, 3.05) is 19.7 Å². The van der Waals surface area contributed by atoms with E-state index in [0.29, 0.717) is 24.7 Å². The summed E-state index contributed by atoms with van der Waals surface area (Å²) in [4.78, 5) is 36.6. The summed E-state index contributed by atoms with van der Waals surface area (Å²) in [5.41, 5.74) is 0.943. The minimum absolute atomic E-state index is 0.0507. The molecule has 2 aliphatic heterocycles. The standard InChI is InChI=1S/C15H16ClN3O4/c16-10-3-1-9(2-4-10)12-8-19(5-6-23-12)13(20)7-11-14(21)18-15(22)17-11/h1-4,11-12H,5-8H2,(H2,17,18,21,22)/t11-,12+/m0/s1. The van der Waals surface area contributed by atoms with Crippen LogP contribution < -0.4 is 10.6 Å². The summed E-state index contributed by atoms with van der Waals surface area (Å²) in [7, 11) is 0. The first kappa shape index (κ1) is 15.8. The quantitative estimate of drug-likeness (QED) is 0.800. The van der Waals surface area contributed by atoms with E-state index in [4.69, 9.17) is 16.3 Å². The van der Waals surface area contributed by atoms with Crippen LogP contribution in [0.15, 0.2) is 24.3 Å². The third-order valence-electron chi connectivity index (χ3n) is 3.90. The molecule has 4 amide bonds. The number of hydrogen-bond acceptors (Lipinski definition) is 4. The van der Waals surface area contributed by atoms with E-state index >= 15 is 0 Å². The molecule has 0 bridgehead atoms. The third kappa shape index (κ3) is 3.62. The summed E-state index contributed by atoms with van der Waals surface area (Å²) in [6, 6.07) is 5.93. The third-order valence-corrected chi connectivity index (χ3v) is 4.15. The van der Waals surface area contributed by atoms with Gasteiger partial charge in [0.2, 0.25) is 5.91 Å². The minimum atomic E-state index is -0.799. The lowest BCUT2D eigenvalue weighted by atomic mass is 10.1. The molecular weight excluding hydrogens is 322 g/mol. The second kappa shape index (κ2) is 6.55. The highest BCUT2D eigenvalue weighted by molar-refractivity contribution is 6.30. The molecule has 2 heterocycles. The molecule has 8 heteroatoms. The van der Waals surface area contributed by atoms with Crippen molar-refractivity contribution in [2.45, 2.75) is 18.6 Å². The van der Waals surface area contributed by atoms with Crippen LogP contribution in [0.3, 0.4) is 0 Å². The number of benzene rings is 1. The normalized spacial score (nSPS) is 24.3. The van der Waals surface area contributed by atoms with Gasteiger partial charge >= 0.3 is 6.03 Å². The zero-order valence-corrected chi connectivity index (χ0v) is 13.0. The first-order chi connectivity index (χ1) is 11.0. The topological polar surface area (TPSA) is 87.7 Å². The number of nitrogens with one attached hydrogen (secondary N) is 2. The average Bonchev–Trinajstić information content (AvgIpc) is 2.85. The van der Waals surface area contributed by atoms with Gasteiger partial charge in [-0.05, 0) is 17.7 Å². The van der Waals surface area contributed by atoms with Crippen LogP contribution in [0.25, 0.3) is 0 Å². The van der Waals surface area contributed by atoms with Gasteiger partial charge in [-0.25, -0.2) is 4.79 Å². The fourth-order valence-electron chi connectivity index (χ4n) is 2.66. The van der Waals surface area contributed by atoms with Gasteiger partial charge in [-0.15, -0.1) is 0 Å². The van der Waals surface area contributed by atoms with Crippen molar-refractivity contribution in [1.82, 2.24) is 15.5 Å². The minimum Gasteiger partial charge on any atom is -0.370 e. The number of ether oxygens (including phenoxy) is 1. The lowest BCUT2D eigenvalue weighted by Gasteiger charge is -2.33. The van der Waals surface area contributed by atoms with Crippen LogP contribution in [-0.2, 0) is 14.3 Å². The van der Waals surface area contributed by atoms with Gasteiger partial charge in [0, 0.05) is 11.6 Å². The number of urea groups is 1. The number of hydrogen-bond donors (Lipinski definition) is 2. The predicted molar refractivity (Wildman–Crippen MR) is 81.8 cm³/mol. The van der Waals surface area contributed by atoms with Crippen LogP contribution in [0.5, 0.6) is 0 Å². The molecule has 0 unspecified atom stereocenters. The van der Waals surface area contributed by atoms with Crippen LogP contribution in [0.2, 0.25) is 5.02 Å². The predicted octanol–water partition coefficient (Wildman–Crippen LogP) is 0.838. The number of amides is 4. The Morgan fingerprint density at radius 2 is 2.04 bits per heavy atom. The highest BCUT2D eigenvalue weighted by atomic mass is 35.5. The van der Waals surface area contributed by atoms with Crippen LogP contribution in [0.1, 0.15) is 18.1 Å². The molecule has 1 aromatic carbocycles. The highest BCUT2D eigenvalue weighted by Crippen LogP contribution is 2.24. The molecule has 2 aliphatic rings. The van der Waals surface area contributed by atoms with E-state index in [-0.39, 0.29) is 18.4 Å². The van der Waals surface area contributed by atoms with Gasteiger partial charge in [-0.2, -0.15) is 0 Å². The van der Waals surface area contributed by atoms with Gasteiger partial charge in [0.05, 0.1) is 19.6 Å². The molecule has 0 saturated carbocycles. The van der Waals surface area contributed by atoms with Crippen LogP contribution in [0, 0.1) is 0 Å². The number of imide groups is 1. The molecule has 0 aromatic heterocycles. The molecule has 0 radical (unpaired) electrons. The highest BCUT2D eigenvalue weighted by Gasteiger charge is 2.34. The van der Waals surface area contributed by atoms with Crippen molar-refractivity contribution < 1.29 is 19.1 Å². The van der Waals surface area contributed by atoms with Gasteiger partial charge in [-0.1, -0.05) is 23.7 Å². The lowest BCUT2D eigenvalue weighted by molar-refractivity contribution is -0.140. The monoisotopic (exact) mass is 337 g/mol. The van der Waals surface area contributed by atoms with Crippen molar-refractivity contribution >= 4 is 29.4 Å². The largest absolute Gasteiger partial charge is 0.370 e. The molecule has 2 atom stereocenters. The Kier molecular flexibility index (Phi) is 4.49. The van der Waals surface area contributed by atoms with Crippen molar-refractivity contribution in [3.8, 4) is 0 Å². The summed E-state index contributed by atoms with van der Waals surface area (Å²) in [5.74, 6) is -0.652. The molecule has 23 heavy (non-hydrogen) atoms. The number of nitrogens with zero attached hydrogens (tertiary/aromatic N) is 1. The van der Waals surface area contributed by atoms with E-state index < -0.39 is 18.0 Å². The number of morpholine rings is 1. The summed E-state index contributed by atoms with van der Waals surface area (Å²) in [5, 5.41) is 5.19. The number of rotatable bonds is 3. The van der Waals surface area contributed by atoms with E-state index in [2.05, 4.69) is 10.6 Å². The Morgan fingerprint density at radius 1 is 1.30 bits per heavy atom. The zero-order chi connectivity index (χ0) is 16.4.